The van der Waals surface area contributed by atoms with Gasteiger partial charge in [-0.1, -0.05) is 51.1 Å². The molecule has 0 bridgehead atoms. The van der Waals surface area contributed by atoms with Crippen LogP contribution < -0.4 is 5.32 Å². The van der Waals surface area contributed by atoms with Gasteiger partial charge in [-0.15, -0.1) is 0 Å². The van der Waals surface area contributed by atoms with Crippen molar-refractivity contribution in [2.75, 3.05) is 19.6 Å². The summed E-state index contributed by atoms with van der Waals surface area (Å²) in [6, 6.07) is 10.3. The Kier molecular flexibility index (Phi) is 5.18. The molecule has 1 aliphatic heterocycles. The number of amides is 1. The fraction of sp³-hybridized carbons (Fsp3) is 0.588. The zero-order valence-corrected chi connectivity index (χ0v) is 12.8. The van der Waals surface area contributed by atoms with Crippen LogP contribution in [0.15, 0.2) is 30.3 Å². The molecule has 1 aromatic carbocycles. The maximum Gasteiger partial charge on any atom is 0.226 e. The number of hydrogen-bond donors (Lipinski definition) is 1. The van der Waals surface area contributed by atoms with Crippen LogP contribution in [0.5, 0.6) is 0 Å². The molecule has 1 fully saturated rings. The number of carbonyl (C=O) groups excluding carboxylic acids is 1. The van der Waals surface area contributed by atoms with E-state index >= 15 is 0 Å². The van der Waals surface area contributed by atoms with Crippen molar-refractivity contribution in [3.8, 4) is 0 Å². The first-order chi connectivity index (χ1) is 9.58. The summed E-state index contributed by atoms with van der Waals surface area (Å²) in [4.78, 5) is 14.7. The molecule has 3 heteroatoms. The first-order valence-electron chi connectivity index (χ1n) is 7.61. The van der Waals surface area contributed by atoms with E-state index in [1.807, 2.05) is 23.1 Å². The van der Waals surface area contributed by atoms with E-state index in [0.717, 1.165) is 26.2 Å². The van der Waals surface area contributed by atoms with Crippen molar-refractivity contribution in [1.29, 1.82) is 0 Å². The molecule has 2 rings (SSSR count). The highest BCUT2D eigenvalue weighted by Crippen LogP contribution is 2.20. The molecule has 0 aliphatic carbocycles. The van der Waals surface area contributed by atoms with Gasteiger partial charge >= 0.3 is 0 Å². The number of carbonyl (C=O) groups is 1. The topological polar surface area (TPSA) is 32.3 Å². The number of hydrogen-bond acceptors (Lipinski definition) is 2. The average molecular weight is 274 g/mol. The molecule has 20 heavy (non-hydrogen) atoms. The van der Waals surface area contributed by atoms with E-state index < -0.39 is 0 Å². The molecule has 3 nitrogen and oxygen atoms in total. The van der Waals surface area contributed by atoms with Crippen molar-refractivity contribution in [3.05, 3.63) is 35.9 Å². The Morgan fingerprint density at radius 1 is 1.25 bits per heavy atom. The van der Waals surface area contributed by atoms with Crippen LogP contribution in [0, 0.1) is 17.8 Å². The van der Waals surface area contributed by atoms with Crippen molar-refractivity contribution in [2.45, 2.75) is 27.3 Å². The lowest BCUT2D eigenvalue weighted by Gasteiger charge is -2.35. The molecule has 110 valence electrons. The van der Waals surface area contributed by atoms with Crippen molar-refractivity contribution in [2.24, 2.45) is 17.8 Å². The average Bonchev–Trinajstić information content (AvgIpc) is 2.35. The minimum Gasteiger partial charge on any atom is -0.338 e. The third-order valence-corrected chi connectivity index (χ3v) is 4.02. The smallest absolute Gasteiger partial charge is 0.226 e. The lowest BCUT2D eigenvalue weighted by Crippen LogP contribution is -2.50. The van der Waals surface area contributed by atoms with Crippen LogP contribution in [0.1, 0.15) is 26.3 Å². The Balaban J connectivity index is 2.04. The standard InChI is InChI=1S/C17H26N2O/c1-13(2)11-19(12-15-7-5-4-6-8-15)17(20)14(3)16-9-18-10-16/h4-8,13-14,16,18H,9-12H2,1-3H3. The second-order valence-corrected chi connectivity index (χ2v) is 6.31. The quantitative estimate of drug-likeness (QED) is 0.864. The van der Waals surface area contributed by atoms with E-state index in [0.29, 0.717) is 17.7 Å². The van der Waals surface area contributed by atoms with Crippen LogP contribution in [0.2, 0.25) is 0 Å². The molecule has 1 aromatic rings. The van der Waals surface area contributed by atoms with Gasteiger partial charge in [0.05, 0.1) is 0 Å². The largest absolute Gasteiger partial charge is 0.338 e. The summed E-state index contributed by atoms with van der Waals surface area (Å²) in [7, 11) is 0. The molecule has 1 heterocycles. The monoisotopic (exact) mass is 274 g/mol. The molecule has 1 N–H and O–H groups in total. The zero-order valence-electron chi connectivity index (χ0n) is 12.8. The number of nitrogens with zero attached hydrogens (tertiary/aromatic N) is 1. The Bertz CT molecular complexity index is 426. The molecule has 1 unspecified atom stereocenters. The maximum atomic E-state index is 12.7. The molecule has 1 saturated heterocycles. The maximum absolute atomic E-state index is 12.7. The van der Waals surface area contributed by atoms with Gasteiger partial charge in [-0.2, -0.15) is 0 Å². The van der Waals surface area contributed by atoms with Gasteiger partial charge in [0.1, 0.15) is 0 Å². The molecule has 0 radical (unpaired) electrons. The highest BCUT2D eigenvalue weighted by Gasteiger charge is 2.31. The van der Waals surface area contributed by atoms with Gasteiger partial charge in [0, 0.05) is 19.0 Å². The van der Waals surface area contributed by atoms with Gasteiger partial charge in [0.2, 0.25) is 5.91 Å². The Labute approximate surface area is 122 Å². The Morgan fingerprint density at radius 3 is 2.40 bits per heavy atom. The first kappa shape index (κ1) is 15.0. The van der Waals surface area contributed by atoms with Crippen molar-refractivity contribution >= 4 is 5.91 Å². The highest BCUT2D eigenvalue weighted by atomic mass is 16.2. The van der Waals surface area contributed by atoms with Crippen molar-refractivity contribution in [3.63, 3.8) is 0 Å². The summed E-state index contributed by atoms with van der Waals surface area (Å²) in [6.45, 7) is 9.93. The Morgan fingerprint density at radius 2 is 1.90 bits per heavy atom. The van der Waals surface area contributed by atoms with Gasteiger partial charge in [0.15, 0.2) is 0 Å². The van der Waals surface area contributed by atoms with Crippen molar-refractivity contribution in [1.82, 2.24) is 10.2 Å². The van der Waals surface area contributed by atoms with Crippen molar-refractivity contribution < 1.29 is 4.79 Å². The summed E-state index contributed by atoms with van der Waals surface area (Å²) in [5, 5.41) is 3.26. The lowest BCUT2D eigenvalue weighted by atomic mass is 9.87. The van der Waals surface area contributed by atoms with E-state index in [2.05, 4.69) is 38.2 Å². The van der Waals surface area contributed by atoms with Gasteiger partial charge in [-0.25, -0.2) is 0 Å². The molecule has 1 aliphatic rings. The SMILES string of the molecule is CC(C)CN(Cc1ccccc1)C(=O)C(C)C1CNC1. The highest BCUT2D eigenvalue weighted by molar-refractivity contribution is 5.79. The first-order valence-corrected chi connectivity index (χ1v) is 7.61. The predicted octanol–water partition coefficient (Wildman–Crippen LogP) is 2.53. The third kappa shape index (κ3) is 3.83. The molecule has 1 amide bonds. The van der Waals surface area contributed by atoms with E-state index in [4.69, 9.17) is 0 Å². The predicted molar refractivity (Wildman–Crippen MR) is 82.2 cm³/mol. The van der Waals surface area contributed by atoms with Gasteiger partial charge in [-0.05, 0) is 30.5 Å². The summed E-state index contributed by atoms with van der Waals surface area (Å²) in [6.07, 6.45) is 0. The van der Waals surface area contributed by atoms with Crippen LogP contribution in [-0.2, 0) is 11.3 Å². The van der Waals surface area contributed by atoms with Gasteiger partial charge in [0.25, 0.3) is 0 Å². The number of rotatable bonds is 6. The van der Waals surface area contributed by atoms with E-state index in [1.54, 1.807) is 0 Å². The minimum absolute atomic E-state index is 0.124. The van der Waals surface area contributed by atoms with Gasteiger partial charge in [-0.3, -0.25) is 4.79 Å². The van der Waals surface area contributed by atoms with E-state index in [9.17, 15) is 4.79 Å². The number of benzene rings is 1. The van der Waals surface area contributed by atoms with Crippen LogP contribution in [0.3, 0.4) is 0 Å². The summed E-state index contributed by atoms with van der Waals surface area (Å²) < 4.78 is 0. The zero-order chi connectivity index (χ0) is 14.5. The second kappa shape index (κ2) is 6.89. The second-order valence-electron chi connectivity index (χ2n) is 6.31. The normalized spacial score (nSPS) is 16.8. The van der Waals surface area contributed by atoms with E-state index in [1.165, 1.54) is 5.56 Å². The molecular formula is C17H26N2O. The van der Waals surface area contributed by atoms with Crippen LogP contribution >= 0.6 is 0 Å². The fourth-order valence-electron chi connectivity index (χ4n) is 2.63. The molecule has 0 aromatic heterocycles. The van der Waals surface area contributed by atoms with Crippen LogP contribution in [0.25, 0.3) is 0 Å². The van der Waals surface area contributed by atoms with Gasteiger partial charge < -0.3 is 10.2 Å². The fourth-order valence-corrected chi connectivity index (χ4v) is 2.63. The summed E-state index contributed by atoms with van der Waals surface area (Å²) in [5.41, 5.74) is 1.21. The molecule has 1 atom stereocenters. The van der Waals surface area contributed by atoms with Crippen LogP contribution in [0.4, 0.5) is 0 Å². The van der Waals surface area contributed by atoms with E-state index in [-0.39, 0.29) is 5.92 Å². The Hall–Kier alpha value is -1.35. The summed E-state index contributed by atoms with van der Waals surface area (Å²) in [5.74, 6) is 1.43. The molecule has 0 saturated carbocycles. The summed E-state index contributed by atoms with van der Waals surface area (Å²) >= 11 is 0. The van der Waals surface area contributed by atoms with Crippen LogP contribution in [-0.4, -0.2) is 30.4 Å². The molecular weight excluding hydrogens is 248 g/mol. The molecule has 0 spiro atoms. The minimum atomic E-state index is 0.124. The number of nitrogens with one attached hydrogen (secondary N) is 1. The lowest BCUT2D eigenvalue weighted by molar-refractivity contribution is -0.138. The third-order valence-electron chi connectivity index (χ3n) is 4.02.